The van der Waals surface area contributed by atoms with Crippen LogP contribution in [0.1, 0.15) is 48.5 Å². The third kappa shape index (κ3) is 2.69. The van der Waals surface area contributed by atoms with E-state index in [2.05, 4.69) is 12.2 Å². The highest BCUT2D eigenvalue weighted by atomic mass is 16.4. The Hall–Kier alpha value is -2.37. The summed E-state index contributed by atoms with van der Waals surface area (Å²) in [5.74, 6) is -0.726. The maximum Gasteiger partial charge on any atom is 0.336 e. The van der Waals surface area contributed by atoms with E-state index in [1.54, 1.807) is 18.2 Å². The number of carbonyl (C=O) groups excluding carboxylic acids is 2. The molecule has 0 radical (unpaired) electrons. The summed E-state index contributed by atoms with van der Waals surface area (Å²) < 4.78 is 0. The van der Waals surface area contributed by atoms with E-state index in [-0.39, 0.29) is 18.0 Å². The Morgan fingerprint density at radius 3 is 2.61 bits per heavy atom. The molecule has 0 atom stereocenters. The molecule has 6 heteroatoms. The number of imide groups is 1. The standard InChI is InChI=1S/C17H20N2O4/c1-11-6-8-17(9-7-11)15(22)19(16(23)18-17)10-12-4-2-3-5-13(12)14(20)21/h2-5,11H,6-10H2,1H3,(H,18,23)(H,20,21). The van der Waals surface area contributed by atoms with E-state index in [9.17, 15) is 19.5 Å². The molecule has 1 aliphatic heterocycles. The van der Waals surface area contributed by atoms with Crippen molar-refractivity contribution in [2.75, 3.05) is 0 Å². The minimum Gasteiger partial charge on any atom is -0.478 e. The first-order valence-electron chi connectivity index (χ1n) is 7.88. The fourth-order valence-corrected chi connectivity index (χ4v) is 3.45. The first-order valence-corrected chi connectivity index (χ1v) is 7.88. The molecule has 6 nitrogen and oxygen atoms in total. The van der Waals surface area contributed by atoms with Crippen LogP contribution in [0.4, 0.5) is 4.79 Å². The van der Waals surface area contributed by atoms with Crippen molar-refractivity contribution in [2.45, 2.75) is 44.7 Å². The highest BCUT2D eigenvalue weighted by molar-refractivity contribution is 6.07. The van der Waals surface area contributed by atoms with Gasteiger partial charge in [0.05, 0.1) is 12.1 Å². The monoisotopic (exact) mass is 316 g/mol. The number of carbonyl (C=O) groups is 3. The smallest absolute Gasteiger partial charge is 0.336 e. The first kappa shape index (κ1) is 15.5. The highest BCUT2D eigenvalue weighted by Gasteiger charge is 2.52. The summed E-state index contributed by atoms with van der Waals surface area (Å²) >= 11 is 0. The van der Waals surface area contributed by atoms with Gasteiger partial charge in [0, 0.05) is 0 Å². The van der Waals surface area contributed by atoms with Gasteiger partial charge < -0.3 is 10.4 Å². The summed E-state index contributed by atoms with van der Waals surface area (Å²) in [6.07, 6.45) is 3.11. The Balaban J connectivity index is 1.83. The number of nitrogens with one attached hydrogen (secondary N) is 1. The van der Waals surface area contributed by atoms with Crippen molar-refractivity contribution in [2.24, 2.45) is 5.92 Å². The van der Waals surface area contributed by atoms with Crippen molar-refractivity contribution < 1.29 is 19.5 Å². The van der Waals surface area contributed by atoms with Gasteiger partial charge in [-0.25, -0.2) is 9.59 Å². The average Bonchev–Trinajstić information content (AvgIpc) is 2.75. The van der Waals surface area contributed by atoms with E-state index < -0.39 is 17.5 Å². The van der Waals surface area contributed by atoms with Gasteiger partial charge in [-0.1, -0.05) is 25.1 Å². The van der Waals surface area contributed by atoms with Gasteiger partial charge in [-0.3, -0.25) is 9.69 Å². The van der Waals surface area contributed by atoms with Crippen LogP contribution in [0.2, 0.25) is 0 Å². The SMILES string of the molecule is CC1CCC2(CC1)NC(=O)N(Cc1ccccc1C(=O)O)C2=O. The number of urea groups is 1. The summed E-state index contributed by atoms with van der Waals surface area (Å²) in [5.41, 5.74) is -0.210. The van der Waals surface area contributed by atoms with Crippen LogP contribution in [0.5, 0.6) is 0 Å². The summed E-state index contributed by atoms with van der Waals surface area (Å²) in [7, 11) is 0. The van der Waals surface area contributed by atoms with E-state index >= 15 is 0 Å². The predicted molar refractivity (Wildman–Crippen MR) is 82.8 cm³/mol. The van der Waals surface area contributed by atoms with Crippen molar-refractivity contribution in [3.63, 3.8) is 0 Å². The molecule has 0 bridgehead atoms. The van der Waals surface area contributed by atoms with Gasteiger partial charge >= 0.3 is 12.0 Å². The highest BCUT2D eigenvalue weighted by Crippen LogP contribution is 2.36. The minimum absolute atomic E-state index is 0.00948. The zero-order chi connectivity index (χ0) is 16.6. The Morgan fingerprint density at radius 1 is 1.30 bits per heavy atom. The van der Waals surface area contributed by atoms with Gasteiger partial charge in [0.25, 0.3) is 5.91 Å². The van der Waals surface area contributed by atoms with Gasteiger partial charge in [-0.2, -0.15) is 0 Å². The molecule has 1 spiro atoms. The van der Waals surface area contributed by atoms with Crippen molar-refractivity contribution in [1.29, 1.82) is 0 Å². The molecular weight excluding hydrogens is 296 g/mol. The molecule has 0 aromatic heterocycles. The van der Waals surface area contributed by atoms with Crippen molar-refractivity contribution in [1.82, 2.24) is 10.2 Å². The lowest BCUT2D eigenvalue weighted by atomic mass is 9.77. The second-order valence-corrected chi connectivity index (χ2v) is 6.55. The van der Waals surface area contributed by atoms with Gasteiger partial charge in [0.2, 0.25) is 0 Å². The lowest BCUT2D eigenvalue weighted by molar-refractivity contribution is -0.133. The molecule has 1 heterocycles. The minimum atomic E-state index is -1.06. The number of carboxylic acid groups (broad SMARTS) is 1. The van der Waals surface area contributed by atoms with Crippen molar-refractivity contribution in [3.05, 3.63) is 35.4 Å². The molecule has 1 aromatic rings. The number of hydrogen-bond acceptors (Lipinski definition) is 3. The van der Waals surface area contributed by atoms with Crippen LogP contribution in [0, 0.1) is 5.92 Å². The van der Waals surface area contributed by atoms with Crippen molar-refractivity contribution >= 4 is 17.9 Å². The van der Waals surface area contributed by atoms with E-state index in [0.29, 0.717) is 24.3 Å². The van der Waals surface area contributed by atoms with Crippen molar-refractivity contribution in [3.8, 4) is 0 Å². The Labute approximate surface area is 134 Å². The summed E-state index contributed by atoms with van der Waals surface area (Å²) in [6.45, 7) is 2.14. The molecule has 1 aliphatic carbocycles. The molecule has 2 fully saturated rings. The Kier molecular flexibility index (Phi) is 3.83. The Morgan fingerprint density at radius 2 is 1.96 bits per heavy atom. The molecule has 3 rings (SSSR count). The van der Waals surface area contributed by atoms with Crippen LogP contribution in [0.3, 0.4) is 0 Å². The van der Waals surface area contributed by atoms with Crippen LogP contribution in [0.15, 0.2) is 24.3 Å². The average molecular weight is 316 g/mol. The van der Waals surface area contributed by atoms with Crippen LogP contribution in [-0.4, -0.2) is 33.5 Å². The molecule has 23 heavy (non-hydrogen) atoms. The number of amides is 3. The predicted octanol–water partition coefficient (Wildman–Crippen LogP) is 2.39. The lowest BCUT2D eigenvalue weighted by Crippen LogP contribution is -2.49. The number of hydrogen-bond donors (Lipinski definition) is 2. The second kappa shape index (κ2) is 5.68. The summed E-state index contributed by atoms with van der Waals surface area (Å²) in [5, 5.41) is 12.1. The number of rotatable bonds is 3. The lowest BCUT2D eigenvalue weighted by Gasteiger charge is -2.33. The number of benzene rings is 1. The van der Waals surface area contributed by atoms with Gasteiger partial charge in [0.1, 0.15) is 5.54 Å². The third-order valence-electron chi connectivity index (χ3n) is 4.95. The number of nitrogens with zero attached hydrogens (tertiary/aromatic N) is 1. The summed E-state index contributed by atoms with van der Waals surface area (Å²) in [6, 6.07) is 6.03. The van der Waals surface area contributed by atoms with Crippen LogP contribution < -0.4 is 5.32 Å². The Bertz CT molecular complexity index is 662. The number of aromatic carboxylic acids is 1. The largest absolute Gasteiger partial charge is 0.478 e. The molecule has 2 aliphatic rings. The molecule has 1 aromatic carbocycles. The zero-order valence-electron chi connectivity index (χ0n) is 13.0. The maximum atomic E-state index is 12.8. The van der Waals surface area contributed by atoms with E-state index in [0.717, 1.165) is 17.7 Å². The molecular formula is C17H20N2O4. The topological polar surface area (TPSA) is 86.7 Å². The molecule has 1 saturated carbocycles. The molecule has 0 unspecified atom stereocenters. The third-order valence-corrected chi connectivity index (χ3v) is 4.95. The summed E-state index contributed by atoms with van der Waals surface area (Å²) in [4.78, 5) is 37.5. The van der Waals surface area contributed by atoms with Gasteiger partial charge in [0.15, 0.2) is 0 Å². The number of carboxylic acids is 1. The van der Waals surface area contributed by atoms with E-state index in [1.165, 1.54) is 6.07 Å². The van der Waals surface area contributed by atoms with Crippen LogP contribution in [-0.2, 0) is 11.3 Å². The molecule has 1 saturated heterocycles. The molecule has 3 amide bonds. The quantitative estimate of drug-likeness (QED) is 0.838. The van der Waals surface area contributed by atoms with Gasteiger partial charge in [-0.15, -0.1) is 0 Å². The maximum absolute atomic E-state index is 12.8. The van der Waals surface area contributed by atoms with Crippen LogP contribution in [0.25, 0.3) is 0 Å². The first-order chi connectivity index (χ1) is 10.9. The normalized spacial score (nSPS) is 27.3. The fourth-order valence-electron chi connectivity index (χ4n) is 3.45. The van der Waals surface area contributed by atoms with E-state index in [1.807, 2.05) is 0 Å². The van der Waals surface area contributed by atoms with Gasteiger partial charge in [-0.05, 0) is 43.2 Å². The van der Waals surface area contributed by atoms with Crippen LogP contribution >= 0.6 is 0 Å². The molecule has 2 N–H and O–H groups in total. The van der Waals surface area contributed by atoms with E-state index in [4.69, 9.17) is 0 Å². The molecule has 122 valence electrons. The fraction of sp³-hybridized carbons (Fsp3) is 0.471. The second-order valence-electron chi connectivity index (χ2n) is 6.55. The zero-order valence-corrected chi connectivity index (χ0v) is 13.0.